The number of allylic oxidation sites excluding steroid dienone is 1. The number of aromatic nitrogens is 2. The fourth-order valence-corrected chi connectivity index (χ4v) is 3.77. The van der Waals surface area contributed by atoms with Crippen molar-refractivity contribution in [3.63, 3.8) is 0 Å². The van der Waals surface area contributed by atoms with Crippen molar-refractivity contribution in [2.24, 2.45) is 0 Å². The SMILES string of the molecule is C=C(CCF)NC(=O)Cc1ncnc(N[C@H](C)c2cccc(C(F)(F)C(C)(C)O)c2F)c1C1OCCO1. The van der Waals surface area contributed by atoms with Crippen LogP contribution in [0.3, 0.4) is 0 Å². The monoisotopic (exact) mass is 526 g/mol. The number of benzene rings is 1. The second-order valence-corrected chi connectivity index (χ2v) is 9.13. The first kappa shape index (κ1) is 28.5. The number of aliphatic hydroxyl groups is 1. The van der Waals surface area contributed by atoms with Crippen LogP contribution in [0.2, 0.25) is 0 Å². The molecule has 1 aromatic carbocycles. The van der Waals surface area contributed by atoms with Crippen molar-refractivity contribution < 1.29 is 36.9 Å². The highest BCUT2D eigenvalue weighted by atomic mass is 19.3. The van der Waals surface area contributed by atoms with Gasteiger partial charge in [0.25, 0.3) is 0 Å². The molecule has 1 atom stereocenters. The number of anilines is 1. The first-order chi connectivity index (χ1) is 17.4. The van der Waals surface area contributed by atoms with Crippen LogP contribution in [0.4, 0.5) is 23.4 Å². The standard InChI is InChI=1S/C25H30F4N4O4/c1-14(8-9-26)32-19(34)12-18-20(23-36-10-11-37-23)22(31-13-30-18)33-15(2)16-6-5-7-17(21(16)27)25(28,29)24(3,4)35/h5-7,13,15,23,35H,1,8-12H2,2-4H3,(H,32,34)(H,30,31,33)/t15-/m1/s1. The lowest BCUT2D eigenvalue weighted by atomic mass is 9.91. The maximum absolute atomic E-state index is 15.3. The van der Waals surface area contributed by atoms with E-state index in [2.05, 4.69) is 27.2 Å². The average Bonchev–Trinajstić information content (AvgIpc) is 3.33. The van der Waals surface area contributed by atoms with Crippen molar-refractivity contribution in [3.8, 4) is 0 Å². The summed E-state index contributed by atoms with van der Waals surface area (Å²) in [6.07, 6.45) is -0.0132. The Morgan fingerprint density at radius 3 is 2.57 bits per heavy atom. The van der Waals surface area contributed by atoms with Gasteiger partial charge in [0.15, 0.2) is 6.29 Å². The van der Waals surface area contributed by atoms with Gasteiger partial charge in [0.1, 0.15) is 23.6 Å². The highest BCUT2D eigenvalue weighted by molar-refractivity contribution is 5.80. The zero-order valence-corrected chi connectivity index (χ0v) is 20.8. The van der Waals surface area contributed by atoms with Gasteiger partial charge in [-0.1, -0.05) is 18.7 Å². The third-order valence-corrected chi connectivity index (χ3v) is 5.82. The molecule has 2 heterocycles. The Morgan fingerprint density at radius 2 is 1.95 bits per heavy atom. The number of hydrogen-bond acceptors (Lipinski definition) is 7. The molecule has 3 N–H and O–H groups in total. The Labute approximate surface area is 212 Å². The molecule has 1 fully saturated rings. The maximum atomic E-state index is 15.3. The normalized spacial score (nSPS) is 15.5. The predicted octanol–water partition coefficient (Wildman–Crippen LogP) is 4.23. The van der Waals surface area contributed by atoms with Gasteiger partial charge < -0.3 is 25.2 Å². The quantitative estimate of drug-likeness (QED) is 0.377. The summed E-state index contributed by atoms with van der Waals surface area (Å²) in [6.45, 7) is 6.82. The molecule has 1 aliphatic rings. The molecule has 1 saturated heterocycles. The molecule has 1 aliphatic heterocycles. The lowest BCUT2D eigenvalue weighted by Gasteiger charge is -2.30. The third kappa shape index (κ3) is 6.43. The highest BCUT2D eigenvalue weighted by Gasteiger charge is 2.49. The predicted molar refractivity (Wildman–Crippen MR) is 127 cm³/mol. The van der Waals surface area contributed by atoms with E-state index in [0.29, 0.717) is 0 Å². The number of hydrogen-bond donors (Lipinski definition) is 3. The van der Waals surface area contributed by atoms with E-state index in [0.717, 1.165) is 19.9 Å². The zero-order chi connectivity index (χ0) is 27.4. The van der Waals surface area contributed by atoms with Crippen molar-refractivity contribution in [2.75, 3.05) is 25.2 Å². The second kappa shape index (κ2) is 11.5. The molecule has 1 amide bonds. The molecule has 0 aliphatic carbocycles. The Hall–Kier alpha value is -3.09. The summed E-state index contributed by atoms with van der Waals surface area (Å²) >= 11 is 0. The molecule has 0 spiro atoms. The number of carbonyl (C=O) groups excluding carboxylic acids is 1. The Balaban J connectivity index is 1.93. The summed E-state index contributed by atoms with van der Waals surface area (Å²) < 4.78 is 68.5. The summed E-state index contributed by atoms with van der Waals surface area (Å²) in [5.41, 5.74) is -2.79. The highest BCUT2D eigenvalue weighted by Crippen LogP contribution is 2.41. The van der Waals surface area contributed by atoms with Crippen molar-refractivity contribution in [1.29, 1.82) is 0 Å². The molecule has 8 nitrogen and oxygen atoms in total. The van der Waals surface area contributed by atoms with E-state index in [4.69, 9.17) is 9.47 Å². The molecule has 0 unspecified atom stereocenters. The first-order valence-electron chi connectivity index (χ1n) is 11.6. The number of alkyl halides is 3. The number of nitrogens with one attached hydrogen (secondary N) is 2. The van der Waals surface area contributed by atoms with E-state index in [1.807, 2.05) is 0 Å². The zero-order valence-electron chi connectivity index (χ0n) is 20.8. The second-order valence-electron chi connectivity index (χ2n) is 9.13. The topological polar surface area (TPSA) is 106 Å². The fraction of sp³-hybridized carbons (Fsp3) is 0.480. The smallest absolute Gasteiger partial charge is 0.303 e. The van der Waals surface area contributed by atoms with E-state index in [1.54, 1.807) is 6.92 Å². The number of ether oxygens (including phenoxy) is 2. The van der Waals surface area contributed by atoms with Crippen LogP contribution < -0.4 is 10.6 Å². The van der Waals surface area contributed by atoms with E-state index in [1.165, 1.54) is 18.5 Å². The van der Waals surface area contributed by atoms with Crippen molar-refractivity contribution in [3.05, 3.63) is 65.0 Å². The summed E-state index contributed by atoms with van der Waals surface area (Å²) in [5.74, 6) is -5.38. The number of carbonyl (C=O) groups is 1. The molecule has 202 valence electrons. The minimum atomic E-state index is -3.86. The Bertz CT molecular complexity index is 1130. The van der Waals surface area contributed by atoms with Crippen LogP contribution in [-0.4, -0.2) is 46.5 Å². The van der Waals surface area contributed by atoms with Gasteiger partial charge in [-0.25, -0.2) is 14.4 Å². The minimum Gasteiger partial charge on any atom is -0.384 e. The van der Waals surface area contributed by atoms with Gasteiger partial charge in [-0.15, -0.1) is 0 Å². The maximum Gasteiger partial charge on any atom is 0.303 e. The number of halogens is 4. The van der Waals surface area contributed by atoms with Gasteiger partial charge in [-0.2, -0.15) is 8.78 Å². The molecule has 0 saturated carbocycles. The van der Waals surface area contributed by atoms with Crippen molar-refractivity contribution in [1.82, 2.24) is 15.3 Å². The van der Waals surface area contributed by atoms with E-state index >= 15 is 4.39 Å². The molecule has 1 aromatic heterocycles. The van der Waals surface area contributed by atoms with Gasteiger partial charge in [0.05, 0.1) is 49.2 Å². The van der Waals surface area contributed by atoms with E-state index in [-0.39, 0.29) is 54.4 Å². The van der Waals surface area contributed by atoms with Gasteiger partial charge in [-0.3, -0.25) is 9.18 Å². The molecular weight excluding hydrogens is 496 g/mol. The van der Waals surface area contributed by atoms with Crippen LogP contribution in [0.25, 0.3) is 0 Å². The van der Waals surface area contributed by atoms with E-state index < -0.39 is 47.8 Å². The van der Waals surface area contributed by atoms with Crippen LogP contribution in [0, 0.1) is 5.82 Å². The summed E-state index contributed by atoms with van der Waals surface area (Å²) in [4.78, 5) is 20.8. The van der Waals surface area contributed by atoms with Crippen LogP contribution >= 0.6 is 0 Å². The minimum absolute atomic E-state index is 0.0291. The van der Waals surface area contributed by atoms with Crippen LogP contribution in [0.5, 0.6) is 0 Å². The average molecular weight is 527 g/mol. The molecule has 3 rings (SSSR count). The Morgan fingerprint density at radius 1 is 1.27 bits per heavy atom. The molecule has 37 heavy (non-hydrogen) atoms. The molecule has 12 heteroatoms. The van der Waals surface area contributed by atoms with Crippen LogP contribution in [-0.2, 0) is 26.6 Å². The van der Waals surface area contributed by atoms with Gasteiger partial charge >= 0.3 is 5.92 Å². The molecule has 0 bridgehead atoms. The van der Waals surface area contributed by atoms with Gasteiger partial charge in [-0.05, 0) is 26.8 Å². The van der Waals surface area contributed by atoms with Gasteiger partial charge in [0.2, 0.25) is 5.91 Å². The summed E-state index contributed by atoms with van der Waals surface area (Å²) in [5, 5.41) is 15.4. The number of rotatable bonds is 11. The van der Waals surface area contributed by atoms with E-state index in [9.17, 15) is 23.1 Å². The largest absolute Gasteiger partial charge is 0.384 e. The first-order valence-corrected chi connectivity index (χ1v) is 11.6. The van der Waals surface area contributed by atoms with Gasteiger partial charge in [0, 0.05) is 17.7 Å². The number of amides is 1. The van der Waals surface area contributed by atoms with Crippen LogP contribution in [0.15, 0.2) is 36.8 Å². The lowest BCUT2D eigenvalue weighted by molar-refractivity contribution is -0.170. The molecule has 0 radical (unpaired) electrons. The number of nitrogens with zero attached hydrogens (tertiary/aromatic N) is 2. The Kier molecular flexibility index (Phi) is 8.88. The molecule has 2 aromatic rings. The summed E-state index contributed by atoms with van der Waals surface area (Å²) in [7, 11) is 0. The third-order valence-electron chi connectivity index (χ3n) is 5.82. The molecular formula is C25H30F4N4O4. The lowest BCUT2D eigenvalue weighted by Crippen LogP contribution is -2.41. The van der Waals surface area contributed by atoms with Crippen molar-refractivity contribution >= 4 is 11.7 Å². The summed E-state index contributed by atoms with van der Waals surface area (Å²) in [6, 6.07) is 2.66. The van der Waals surface area contributed by atoms with Crippen LogP contribution in [0.1, 0.15) is 61.9 Å². The van der Waals surface area contributed by atoms with Crippen molar-refractivity contribution in [2.45, 2.75) is 57.5 Å². The fourth-order valence-electron chi connectivity index (χ4n) is 3.77.